The number of nitrogens with one attached hydrogen (secondary N) is 1. The van der Waals surface area contributed by atoms with Crippen LogP contribution >= 0.6 is 23.6 Å². The zero-order chi connectivity index (χ0) is 14.3. The zero-order valence-electron chi connectivity index (χ0n) is 11.9. The van der Waals surface area contributed by atoms with Gasteiger partial charge >= 0.3 is 0 Å². The Balaban J connectivity index is 2.12. The average Bonchev–Trinajstić information content (AvgIpc) is 2.99. The first-order valence-electron chi connectivity index (χ1n) is 6.71. The van der Waals surface area contributed by atoms with E-state index in [1.54, 1.807) is 0 Å². The summed E-state index contributed by atoms with van der Waals surface area (Å²) in [5, 5.41) is 2.14. The summed E-state index contributed by atoms with van der Waals surface area (Å²) in [4.78, 5) is 4.71. The van der Waals surface area contributed by atoms with Crippen molar-refractivity contribution in [1.82, 2.24) is 9.55 Å². The Labute approximate surface area is 128 Å². The van der Waals surface area contributed by atoms with Gasteiger partial charge in [0.15, 0.2) is 4.77 Å². The third kappa shape index (κ3) is 2.23. The highest BCUT2D eigenvalue weighted by Crippen LogP contribution is 2.31. The molecule has 0 amide bonds. The Morgan fingerprint density at radius 2 is 2.05 bits per heavy atom. The van der Waals surface area contributed by atoms with E-state index in [0.29, 0.717) is 0 Å². The van der Waals surface area contributed by atoms with Crippen LogP contribution in [0, 0.1) is 11.7 Å². The maximum Gasteiger partial charge on any atom is 0.178 e. The fourth-order valence-electron chi connectivity index (χ4n) is 2.69. The number of H-pyrrole nitrogens is 1. The van der Waals surface area contributed by atoms with Crippen molar-refractivity contribution in [3.63, 3.8) is 0 Å². The van der Waals surface area contributed by atoms with Crippen LogP contribution in [0.3, 0.4) is 0 Å². The third-order valence-electron chi connectivity index (χ3n) is 3.74. The molecule has 0 bridgehead atoms. The number of para-hydroxylation sites is 1. The molecule has 0 aliphatic heterocycles. The fraction of sp³-hybridized carbons (Fsp3) is 0.312. The summed E-state index contributed by atoms with van der Waals surface area (Å²) in [5.41, 5.74) is 3.68. The quantitative estimate of drug-likeness (QED) is 0.672. The largest absolute Gasteiger partial charge is 0.331 e. The van der Waals surface area contributed by atoms with E-state index >= 15 is 0 Å². The van der Waals surface area contributed by atoms with Crippen molar-refractivity contribution in [2.75, 3.05) is 0 Å². The van der Waals surface area contributed by atoms with E-state index in [0.717, 1.165) is 16.8 Å². The van der Waals surface area contributed by atoms with E-state index in [9.17, 15) is 0 Å². The molecule has 0 unspecified atom stereocenters. The lowest BCUT2D eigenvalue weighted by Gasteiger charge is -2.24. The summed E-state index contributed by atoms with van der Waals surface area (Å²) < 4.78 is 3.04. The summed E-state index contributed by atoms with van der Waals surface area (Å²) in [7, 11) is 0. The van der Waals surface area contributed by atoms with Crippen LogP contribution in [0.15, 0.2) is 35.7 Å². The number of benzene rings is 1. The summed E-state index contributed by atoms with van der Waals surface area (Å²) in [5.74, 6) is 0. The Hall–Kier alpha value is -1.39. The molecule has 0 aliphatic rings. The van der Waals surface area contributed by atoms with Gasteiger partial charge in [0.2, 0.25) is 0 Å². The minimum Gasteiger partial charge on any atom is -0.331 e. The van der Waals surface area contributed by atoms with Gasteiger partial charge in [-0.1, -0.05) is 32.0 Å². The molecule has 2 nitrogen and oxygen atoms in total. The minimum absolute atomic E-state index is 0.0732. The number of nitrogens with zero attached hydrogens (tertiary/aromatic N) is 1. The van der Waals surface area contributed by atoms with E-state index in [1.165, 1.54) is 16.0 Å². The standard InChI is InChI=1S/C16H18N2S2/c1-11-6-4-7-12-14(11)18(15(19)17-12)10-16(2,3)13-8-5-9-20-13/h4-9H,10H2,1-3H3,(H,17,19). The number of aromatic nitrogens is 2. The molecule has 0 saturated heterocycles. The van der Waals surface area contributed by atoms with Gasteiger partial charge in [-0.3, -0.25) is 0 Å². The molecule has 4 heteroatoms. The van der Waals surface area contributed by atoms with Crippen LogP contribution in [0.4, 0.5) is 0 Å². The number of aryl methyl sites for hydroxylation is 1. The number of aromatic amines is 1. The van der Waals surface area contributed by atoms with Gasteiger partial charge in [-0.2, -0.15) is 0 Å². The molecule has 3 rings (SSSR count). The maximum absolute atomic E-state index is 5.52. The van der Waals surface area contributed by atoms with E-state index in [-0.39, 0.29) is 5.41 Å². The van der Waals surface area contributed by atoms with E-state index < -0.39 is 0 Å². The monoisotopic (exact) mass is 302 g/mol. The first-order chi connectivity index (χ1) is 9.49. The van der Waals surface area contributed by atoms with Gasteiger partial charge in [-0.25, -0.2) is 0 Å². The lowest BCUT2D eigenvalue weighted by molar-refractivity contribution is 0.446. The second kappa shape index (κ2) is 4.86. The van der Waals surface area contributed by atoms with Gasteiger partial charge in [0.1, 0.15) is 0 Å². The molecule has 0 saturated carbocycles. The van der Waals surface area contributed by atoms with Crippen LogP contribution in [-0.2, 0) is 12.0 Å². The lowest BCUT2D eigenvalue weighted by atomic mass is 9.91. The Morgan fingerprint density at radius 1 is 1.25 bits per heavy atom. The van der Waals surface area contributed by atoms with Gasteiger partial charge in [-0.05, 0) is 42.2 Å². The van der Waals surface area contributed by atoms with Crippen molar-refractivity contribution in [1.29, 1.82) is 0 Å². The maximum atomic E-state index is 5.52. The summed E-state index contributed by atoms with van der Waals surface area (Å²) in [6.07, 6.45) is 0. The predicted molar refractivity (Wildman–Crippen MR) is 89.2 cm³/mol. The SMILES string of the molecule is Cc1cccc2[nH]c(=S)n(CC(C)(C)c3cccs3)c12. The van der Waals surface area contributed by atoms with Gasteiger partial charge in [0.05, 0.1) is 11.0 Å². The van der Waals surface area contributed by atoms with Crippen LogP contribution < -0.4 is 0 Å². The molecular formula is C16H18N2S2. The number of rotatable bonds is 3. The summed E-state index contributed by atoms with van der Waals surface area (Å²) in [6.45, 7) is 7.58. The molecule has 2 aromatic heterocycles. The van der Waals surface area contributed by atoms with Crippen LogP contribution in [0.25, 0.3) is 11.0 Å². The molecular weight excluding hydrogens is 284 g/mol. The Bertz CT molecular complexity index is 792. The van der Waals surface area contributed by atoms with Crippen LogP contribution in [-0.4, -0.2) is 9.55 Å². The zero-order valence-corrected chi connectivity index (χ0v) is 13.6. The average molecular weight is 302 g/mol. The second-order valence-electron chi connectivity index (χ2n) is 5.85. The second-order valence-corrected chi connectivity index (χ2v) is 7.18. The van der Waals surface area contributed by atoms with Crippen molar-refractivity contribution in [2.45, 2.75) is 32.7 Å². The number of thiophene rings is 1. The highest BCUT2D eigenvalue weighted by Gasteiger charge is 2.24. The Morgan fingerprint density at radius 3 is 2.75 bits per heavy atom. The first kappa shape index (κ1) is 13.6. The van der Waals surface area contributed by atoms with E-state index in [4.69, 9.17) is 12.2 Å². The molecule has 104 valence electrons. The van der Waals surface area contributed by atoms with Crippen LogP contribution in [0.2, 0.25) is 0 Å². The van der Waals surface area contributed by atoms with Crippen LogP contribution in [0.5, 0.6) is 0 Å². The molecule has 0 fully saturated rings. The number of imidazole rings is 1. The fourth-order valence-corrected chi connectivity index (χ4v) is 3.80. The van der Waals surface area contributed by atoms with E-state index in [1.807, 2.05) is 11.3 Å². The highest BCUT2D eigenvalue weighted by atomic mass is 32.1. The van der Waals surface area contributed by atoms with Gasteiger partial charge < -0.3 is 9.55 Å². The first-order valence-corrected chi connectivity index (χ1v) is 8.00. The van der Waals surface area contributed by atoms with Crippen molar-refractivity contribution < 1.29 is 0 Å². The molecule has 0 atom stereocenters. The van der Waals surface area contributed by atoms with Crippen molar-refractivity contribution in [3.8, 4) is 0 Å². The molecule has 1 aromatic carbocycles. The summed E-state index contributed by atoms with van der Waals surface area (Å²) >= 11 is 7.33. The van der Waals surface area contributed by atoms with Gasteiger partial charge in [-0.15, -0.1) is 11.3 Å². The number of fused-ring (bicyclic) bond motifs is 1. The Kier molecular flexibility index (Phi) is 3.30. The van der Waals surface area contributed by atoms with Gasteiger partial charge in [0, 0.05) is 16.8 Å². The molecule has 1 N–H and O–H groups in total. The third-order valence-corrected chi connectivity index (χ3v) is 5.29. The van der Waals surface area contributed by atoms with Gasteiger partial charge in [0.25, 0.3) is 0 Å². The van der Waals surface area contributed by atoms with Crippen molar-refractivity contribution in [2.24, 2.45) is 0 Å². The van der Waals surface area contributed by atoms with E-state index in [2.05, 4.69) is 66.0 Å². The lowest BCUT2D eigenvalue weighted by Crippen LogP contribution is -2.23. The normalized spacial score (nSPS) is 12.2. The van der Waals surface area contributed by atoms with Crippen molar-refractivity contribution in [3.05, 3.63) is 50.9 Å². The molecule has 2 heterocycles. The van der Waals surface area contributed by atoms with Crippen LogP contribution in [0.1, 0.15) is 24.3 Å². The molecule has 0 aliphatic carbocycles. The minimum atomic E-state index is 0.0732. The topological polar surface area (TPSA) is 20.7 Å². The molecule has 0 radical (unpaired) electrons. The number of hydrogen-bond donors (Lipinski definition) is 1. The predicted octanol–water partition coefficient (Wildman–Crippen LogP) is 5.05. The molecule has 20 heavy (non-hydrogen) atoms. The number of hydrogen-bond acceptors (Lipinski definition) is 2. The highest BCUT2D eigenvalue weighted by molar-refractivity contribution is 7.71. The van der Waals surface area contributed by atoms with Crippen molar-refractivity contribution >= 4 is 34.6 Å². The summed E-state index contributed by atoms with van der Waals surface area (Å²) in [6, 6.07) is 10.6. The smallest absolute Gasteiger partial charge is 0.178 e. The molecule has 0 spiro atoms. The molecule has 3 aromatic rings.